The van der Waals surface area contributed by atoms with Gasteiger partial charge in [-0.1, -0.05) is 17.4 Å². The summed E-state index contributed by atoms with van der Waals surface area (Å²) < 4.78 is 0. The molecule has 0 fully saturated rings. The molecule has 1 atom stereocenters. The van der Waals surface area contributed by atoms with Crippen molar-refractivity contribution in [3.63, 3.8) is 0 Å². The molecule has 84 valence electrons. The number of nitrogens with zero attached hydrogens (tertiary/aromatic N) is 2. The lowest BCUT2D eigenvalue weighted by Crippen LogP contribution is -2.21. The second-order valence-electron chi connectivity index (χ2n) is 3.44. The lowest BCUT2D eigenvalue weighted by atomic mass is 10.3. The maximum absolute atomic E-state index is 5.65. The summed E-state index contributed by atoms with van der Waals surface area (Å²) in [6.45, 7) is 8.24. The fourth-order valence-corrected chi connectivity index (χ4v) is 2.20. The Morgan fingerprint density at radius 3 is 2.73 bits per heavy atom. The van der Waals surface area contributed by atoms with E-state index in [1.54, 1.807) is 11.3 Å². The Kier molecular flexibility index (Phi) is 4.78. The van der Waals surface area contributed by atoms with Crippen LogP contribution in [-0.2, 0) is 0 Å². The molecule has 15 heavy (non-hydrogen) atoms. The van der Waals surface area contributed by atoms with Crippen LogP contribution in [0, 0.1) is 0 Å². The van der Waals surface area contributed by atoms with Crippen molar-refractivity contribution >= 4 is 22.5 Å². The van der Waals surface area contributed by atoms with E-state index in [2.05, 4.69) is 23.7 Å². The first kappa shape index (κ1) is 12.2. The van der Waals surface area contributed by atoms with Crippen LogP contribution < -0.4 is 10.6 Å². The minimum atomic E-state index is 0.101. The average molecular weight is 225 g/mol. The third kappa shape index (κ3) is 3.64. The molecule has 0 aliphatic rings. The van der Waals surface area contributed by atoms with Crippen molar-refractivity contribution in [2.45, 2.75) is 26.8 Å². The second-order valence-corrected chi connectivity index (χ2v) is 4.48. The zero-order valence-electron chi connectivity index (χ0n) is 9.60. The number of hydrogen-bond acceptors (Lipinski definition) is 4. The van der Waals surface area contributed by atoms with Crippen LogP contribution in [0.4, 0.5) is 5.13 Å². The number of anilines is 1. The van der Waals surface area contributed by atoms with Crippen molar-refractivity contribution in [2.75, 3.05) is 18.0 Å². The van der Waals surface area contributed by atoms with Gasteiger partial charge in [0.05, 0.1) is 0 Å². The van der Waals surface area contributed by atoms with Gasteiger partial charge in [-0.2, -0.15) is 0 Å². The monoisotopic (exact) mass is 225 g/mol. The zero-order valence-corrected chi connectivity index (χ0v) is 10.4. The predicted octanol–water partition coefficient (Wildman–Crippen LogP) is 2.35. The van der Waals surface area contributed by atoms with Crippen molar-refractivity contribution in [3.05, 3.63) is 17.2 Å². The molecule has 3 nitrogen and oxygen atoms in total. The average Bonchev–Trinajstić information content (AvgIpc) is 2.65. The number of thiazole rings is 1. The molecule has 1 aromatic heterocycles. The van der Waals surface area contributed by atoms with Crippen molar-refractivity contribution in [1.82, 2.24) is 4.98 Å². The van der Waals surface area contributed by atoms with Crippen molar-refractivity contribution < 1.29 is 0 Å². The summed E-state index contributed by atoms with van der Waals surface area (Å²) in [4.78, 5) is 7.79. The Labute approximate surface area is 95.6 Å². The summed E-state index contributed by atoms with van der Waals surface area (Å²) in [5, 5.41) is 1.09. The molecule has 4 heteroatoms. The van der Waals surface area contributed by atoms with E-state index in [-0.39, 0.29) is 6.04 Å². The van der Waals surface area contributed by atoms with Crippen LogP contribution in [-0.4, -0.2) is 24.1 Å². The smallest absolute Gasteiger partial charge is 0.185 e. The Bertz CT molecular complexity index is 313. The molecule has 1 aromatic rings. The van der Waals surface area contributed by atoms with Gasteiger partial charge in [0, 0.05) is 30.2 Å². The molecule has 1 rings (SSSR count). The van der Waals surface area contributed by atoms with Crippen LogP contribution in [0.25, 0.3) is 6.08 Å². The van der Waals surface area contributed by atoms with E-state index in [9.17, 15) is 0 Å². The van der Waals surface area contributed by atoms with Crippen molar-refractivity contribution in [3.8, 4) is 0 Å². The standard InChI is InChI=1S/C11H19N3S/c1-4-14(5-2)11-13-8-10(15-11)7-6-9(3)12/h6-9H,4-5,12H2,1-3H3/b7-6+. The van der Waals surface area contributed by atoms with Gasteiger partial charge in [-0.05, 0) is 26.8 Å². The lowest BCUT2D eigenvalue weighted by Gasteiger charge is -2.16. The highest BCUT2D eigenvalue weighted by atomic mass is 32.1. The Morgan fingerprint density at radius 1 is 1.53 bits per heavy atom. The van der Waals surface area contributed by atoms with Crippen molar-refractivity contribution in [2.24, 2.45) is 5.73 Å². The highest BCUT2D eigenvalue weighted by Crippen LogP contribution is 2.23. The van der Waals surface area contributed by atoms with Crippen LogP contribution in [0.2, 0.25) is 0 Å². The molecule has 0 saturated heterocycles. The van der Waals surface area contributed by atoms with Gasteiger partial charge >= 0.3 is 0 Å². The van der Waals surface area contributed by atoms with Gasteiger partial charge < -0.3 is 10.6 Å². The summed E-state index contributed by atoms with van der Waals surface area (Å²) in [6, 6.07) is 0.101. The molecule has 0 amide bonds. The van der Waals surface area contributed by atoms with E-state index in [1.165, 1.54) is 0 Å². The number of hydrogen-bond donors (Lipinski definition) is 1. The highest BCUT2D eigenvalue weighted by Gasteiger charge is 2.05. The third-order valence-corrected chi connectivity index (χ3v) is 3.13. The van der Waals surface area contributed by atoms with E-state index in [1.807, 2.05) is 25.3 Å². The maximum Gasteiger partial charge on any atom is 0.185 e. The molecule has 0 radical (unpaired) electrons. The molecule has 0 bridgehead atoms. The van der Waals surface area contributed by atoms with E-state index in [4.69, 9.17) is 5.73 Å². The normalized spacial score (nSPS) is 13.3. The molecular weight excluding hydrogens is 206 g/mol. The SMILES string of the molecule is CCN(CC)c1ncc(/C=C/C(C)N)s1. The molecule has 0 saturated carbocycles. The highest BCUT2D eigenvalue weighted by molar-refractivity contribution is 7.16. The first-order valence-corrected chi connectivity index (χ1v) is 6.13. The molecule has 1 unspecified atom stereocenters. The molecule has 2 N–H and O–H groups in total. The van der Waals surface area contributed by atoms with E-state index >= 15 is 0 Å². The lowest BCUT2D eigenvalue weighted by molar-refractivity contribution is 0.860. The van der Waals surface area contributed by atoms with Crippen LogP contribution in [0.5, 0.6) is 0 Å². The summed E-state index contributed by atoms with van der Waals surface area (Å²) in [5.74, 6) is 0. The molecule has 0 aliphatic carbocycles. The van der Waals surface area contributed by atoms with Crippen LogP contribution in [0.15, 0.2) is 12.3 Å². The van der Waals surface area contributed by atoms with Crippen molar-refractivity contribution in [1.29, 1.82) is 0 Å². The fraction of sp³-hybridized carbons (Fsp3) is 0.545. The molecule has 0 aliphatic heterocycles. The zero-order chi connectivity index (χ0) is 11.3. The van der Waals surface area contributed by atoms with Gasteiger partial charge in [0.25, 0.3) is 0 Å². The second kappa shape index (κ2) is 5.88. The van der Waals surface area contributed by atoms with E-state index < -0.39 is 0 Å². The Morgan fingerprint density at radius 2 is 2.20 bits per heavy atom. The minimum absolute atomic E-state index is 0.101. The topological polar surface area (TPSA) is 42.2 Å². The first-order chi connectivity index (χ1) is 7.17. The van der Waals surface area contributed by atoms with Crippen LogP contribution in [0.1, 0.15) is 25.6 Å². The van der Waals surface area contributed by atoms with Gasteiger partial charge in [-0.25, -0.2) is 4.98 Å². The molecular formula is C11H19N3S. The molecule has 0 spiro atoms. The largest absolute Gasteiger partial charge is 0.349 e. The first-order valence-electron chi connectivity index (χ1n) is 5.32. The number of nitrogens with two attached hydrogens (primary N) is 1. The van der Waals surface area contributed by atoms with Gasteiger partial charge in [0.2, 0.25) is 0 Å². The maximum atomic E-state index is 5.65. The predicted molar refractivity (Wildman–Crippen MR) is 68.4 cm³/mol. The fourth-order valence-electron chi connectivity index (χ4n) is 1.24. The third-order valence-electron chi connectivity index (χ3n) is 2.11. The Balaban J connectivity index is 2.71. The Hall–Kier alpha value is -0.870. The van der Waals surface area contributed by atoms with Gasteiger partial charge in [-0.3, -0.25) is 0 Å². The van der Waals surface area contributed by atoms with E-state index in [0.717, 1.165) is 23.1 Å². The molecule has 1 heterocycles. The minimum Gasteiger partial charge on any atom is -0.349 e. The summed E-state index contributed by atoms with van der Waals surface area (Å²) in [5.41, 5.74) is 5.65. The van der Waals surface area contributed by atoms with Crippen LogP contribution in [0.3, 0.4) is 0 Å². The summed E-state index contributed by atoms with van der Waals surface area (Å²) in [7, 11) is 0. The van der Waals surface area contributed by atoms with E-state index in [0.29, 0.717) is 0 Å². The van der Waals surface area contributed by atoms with Crippen LogP contribution >= 0.6 is 11.3 Å². The summed E-state index contributed by atoms with van der Waals surface area (Å²) in [6.07, 6.45) is 5.92. The quantitative estimate of drug-likeness (QED) is 0.836. The number of aromatic nitrogens is 1. The number of rotatable bonds is 5. The van der Waals surface area contributed by atoms with Gasteiger partial charge in [0.1, 0.15) is 0 Å². The van der Waals surface area contributed by atoms with Gasteiger partial charge in [0.15, 0.2) is 5.13 Å². The van der Waals surface area contributed by atoms with Gasteiger partial charge in [-0.15, -0.1) is 0 Å². The molecule has 0 aromatic carbocycles. The summed E-state index contributed by atoms with van der Waals surface area (Å²) >= 11 is 1.70.